The van der Waals surface area contributed by atoms with Gasteiger partial charge in [-0.3, -0.25) is 9.59 Å². The van der Waals surface area contributed by atoms with E-state index in [1.807, 2.05) is 4.90 Å². The summed E-state index contributed by atoms with van der Waals surface area (Å²) >= 11 is 0. The van der Waals surface area contributed by atoms with E-state index in [-0.39, 0.29) is 5.69 Å². The number of nitrogens with one attached hydrogen (secondary N) is 2. The van der Waals surface area contributed by atoms with Crippen LogP contribution in [-0.4, -0.2) is 38.1 Å². The van der Waals surface area contributed by atoms with Gasteiger partial charge in [0.15, 0.2) is 0 Å². The van der Waals surface area contributed by atoms with E-state index in [1.165, 1.54) is 24.3 Å². The maximum atomic E-state index is 14.5. The number of amides is 2. The number of hydrogen-bond acceptors (Lipinski definition) is 5. The highest BCUT2D eigenvalue weighted by Gasteiger charge is 2.23. The van der Waals surface area contributed by atoms with Gasteiger partial charge in [-0.2, -0.15) is 0 Å². The van der Waals surface area contributed by atoms with Crippen LogP contribution in [0.25, 0.3) is 11.0 Å². The largest absolute Gasteiger partial charge is 0.459 e. The fourth-order valence-electron chi connectivity index (χ4n) is 3.79. The summed E-state index contributed by atoms with van der Waals surface area (Å²) in [6.45, 7) is 5.62. The molecule has 1 aromatic heterocycles. The molecule has 2 aromatic carbocycles. The Hall–Kier alpha value is -3.46. The van der Waals surface area contributed by atoms with Crippen LogP contribution in [0.15, 0.2) is 40.8 Å². The Balaban J connectivity index is 1.41. The highest BCUT2D eigenvalue weighted by molar-refractivity contribution is 6.39. The predicted octanol–water partition coefficient (Wildman–Crippen LogP) is 3.67. The smallest absolute Gasteiger partial charge is 0.313 e. The Morgan fingerprint density at radius 3 is 2.53 bits per heavy atom. The van der Waals surface area contributed by atoms with Gasteiger partial charge in [0.25, 0.3) is 0 Å². The van der Waals surface area contributed by atoms with Crippen molar-refractivity contribution in [2.24, 2.45) is 0 Å². The Kier molecular flexibility index (Phi) is 6.09. The van der Waals surface area contributed by atoms with E-state index in [0.717, 1.165) is 0 Å². The van der Waals surface area contributed by atoms with Crippen LogP contribution in [0.4, 0.5) is 20.2 Å². The van der Waals surface area contributed by atoms with Crippen LogP contribution < -0.4 is 15.5 Å². The third kappa shape index (κ3) is 4.43. The van der Waals surface area contributed by atoms with Gasteiger partial charge in [0.1, 0.15) is 23.0 Å². The van der Waals surface area contributed by atoms with E-state index < -0.39 is 29.5 Å². The molecule has 1 aliphatic heterocycles. The van der Waals surface area contributed by atoms with Gasteiger partial charge in [0.05, 0.1) is 24.9 Å². The van der Waals surface area contributed by atoms with E-state index >= 15 is 0 Å². The highest BCUT2D eigenvalue weighted by Crippen LogP contribution is 2.30. The molecule has 1 saturated heterocycles. The number of morpholine rings is 1. The van der Waals surface area contributed by atoms with Crippen molar-refractivity contribution in [3.8, 4) is 0 Å². The van der Waals surface area contributed by atoms with E-state index in [2.05, 4.69) is 10.6 Å². The number of benzene rings is 2. The van der Waals surface area contributed by atoms with Crippen LogP contribution >= 0.6 is 0 Å². The number of anilines is 2. The molecule has 1 aliphatic rings. The van der Waals surface area contributed by atoms with Crippen LogP contribution in [0, 0.1) is 18.6 Å². The van der Waals surface area contributed by atoms with E-state index in [0.29, 0.717) is 54.3 Å². The van der Waals surface area contributed by atoms with Crippen molar-refractivity contribution in [2.75, 3.05) is 36.5 Å². The lowest BCUT2D eigenvalue weighted by Crippen LogP contribution is -2.37. The predicted molar refractivity (Wildman–Crippen MR) is 116 cm³/mol. The van der Waals surface area contributed by atoms with E-state index in [1.54, 1.807) is 26.0 Å². The molecule has 7 nitrogen and oxygen atoms in total. The Morgan fingerprint density at radius 1 is 1.06 bits per heavy atom. The van der Waals surface area contributed by atoms with Crippen molar-refractivity contribution in [1.29, 1.82) is 0 Å². The first-order chi connectivity index (χ1) is 15.3. The summed E-state index contributed by atoms with van der Waals surface area (Å²) in [4.78, 5) is 26.6. The van der Waals surface area contributed by atoms with Crippen LogP contribution in [0.5, 0.6) is 0 Å². The topological polar surface area (TPSA) is 83.8 Å². The third-order valence-corrected chi connectivity index (χ3v) is 5.44. The lowest BCUT2D eigenvalue weighted by atomic mass is 10.1. The maximum absolute atomic E-state index is 14.5. The minimum Gasteiger partial charge on any atom is -0.459 e. The standard InChI is InChI=1S/C23H23F2N3O4/c1-13-17-11-15(24)3-6-20(17)32-21(13)14(2)26-22(29)23(30)27-16-4-5-19(18(25)12-16)28-7-9-31-10-8-28/h3-6,11-12,14H,7-10H2,1-2H3,(H,26,29)(H,27,30). The number of fused-ring (bicyclic) bond motifs is 1. The molecule has 1 unspecified atom stereocenters. The lowest BCUT2D eigenvalue weighted by molar-refractivity contribution is -0.136. The summed E-state index contributed by atoms with van der Waals surface area (Å²) in [5.41, 5.74) is 1.75. The fourth-order valence-corrected chi connectivity index (χ4v) is 3.79. The molecule has 168 valence electrons. The molecule has 0 aliphatic carbocycles. The zero-order valence-electron chi connectivity index (χ0n) is 17.7. The summed E-state index contributed by atoms with van der Waals surface area (Å²) in [5.74, 6) is -2.30. The van der Waals surface area contributed by atoms with Crippen molar-refractivity contribution in [3.63, 3.8) is 0 Å². The minimum atomic E-state index is -0.935. The molecule has 32 heavy (non-hydrogen) atoms. The maximum Gasteiger partial charge on any atom is 0.313 e. The number of ether oxygens (including phenoxy) is 1. The first kappa shape index (κ1) is 21.8. The molecule has 3 aromatic rings. The molecule has 0 saturated carbocycles. The summed E-state index contributed by atoms with van der Waals surface area (Å²) in [7, 11) is 0. The quantitative estimate of drug-likeness (QED) is 0.601. The minimum absolute atomic E-state index is 0.169. The average molecular weight is 443 g/mol. The molecular weight excluding hydrogens is 420 g/mol. The summed E-state index contributed by atoms with van der Waals surface area (Å²) < 4.78 is 39.0. The van der Waals surface area contributed by atoms with E-state index in [4.69, 9.17) is 9.15 Å². The molecule has 4 rings (SSSR count). The van der Waals surface area contributed by atoms with Crippen molar-refractivity contribution in [1.82, 2.24) is 5.32 Å². The lowest BCUT2D eigenvalue weighted by Gasteiger charge is -2.29. The van der Waals surface area contributed by atoms with Gasteiger partial charge in [0.2, 0.25) is 0 Å². The number of carbonyl (C=O) groups is 2. The number of carbonyl (C=O) groups excluding carboxylic acids is 2. The Bertz CT molecular complexity index is 1170. The zero-order valence-corrected chi connectivity index (χ0v) is 17.7. The molecule has 0 radical (unpaired) electrons. The number of nitrogens with zero attached hydrogens (tertiary/aromatic N) is 1. The average Bonchev–Trinajstić information content (AvgIpc) is 3.10. The monoisotopic (exact) mass is 443 g/mol. The second kappa shape index (κ2) is 8.96. The fraction of sp³-hybridized carbons (Fsp3) is 0.304. The molecular formula is C23H23F2N3O4. The number of aryl methyl sites for hydroxylation is 1. The molecule has 0 spiro atoms. The zero-order chi connectivity index (χ0) is 22.8. The molecule has 2 N–H and O–H groups in total. The summed E-state index contributed by atoms with van der Waals surface area (Å²) in [5, 5.41) is 5.56. The first-order valence-corrected chi connectivity index (χ1v) is 10.3. The van der Waals surface area contributed by atoms with E-state index in [9.17, 15) is 18.4 Å². The number of rotatable bonds is 4. The number of furan rings is 1. The highest BCUT2D eigenvalue weighted by atomic mass is 19.1. The van der Waals surface area contributed by atoms with Gasteiger partial charge in [-0.05, 0) is 50.2 Å². The van der Waals surface area contributed by atoms with Crippen molar-refractivity contribution in [2.45, 2.75) is 19.9 Å². The van der Waals surface area contributed by atoms with Crippen LogP contribution in [0.3, 0.4) is 0 Å². The first-order valence-electron chi connectivity index (χ1n) is 10.3. The van der Waals surface area contributed by atoms with Gasteiger partial charge in [-0.25, -0.2) is 8.78 Å². The summed E-state index contributed by atoms with van der Waals surface area (Å²) in [6.07, 6.45) is 0. The van der Waals surface area contributed by atoms with Crippen LogP contribution in [0.2, 0.25) is 0 Å². The third-order valence-electron chi connectivity index (χ3n) is 5.44. The molecule has 1 fully saturated rings. The van der Waals surface area contributed by atoms with Crippen molar-refractivity contribution >= 4 is 34.2 Å². The van der Waals surface area contributed by atoms with Gasteiger partial charge >= 0.3 is 11.8 Å². The van der Waals surface area contributed by atoms with Gasteiger partial charge in [-0.1, -0.05) is 0 Å². The molecule has 0 bridgehead atoms. The number of hydrogen-bond donors (Lipinski definition) is 2. The normalized spacial score (nSPS) is 14.9. The van der Waals surface area contributed by atoms with Gasteiger partial charge < -0.3 is 24.7 Å². The molecule has 2 heterocycles. The Morgan fingerprint density at radius 2 is 1.81 bits per heavy atom. The van der Waals surface area contributed by atoms with Crippen molar-refractivity contribution < 1.29 is 27.5 Å². The van der Waals surface area contributed by atoms with Gasteiger partial charge in [0, 0.05) is 29.7 Å². The number of halogens is 2. The molecule has 1 atom stereocenters. The second-order valence-electron chi connectivity index (χ2n) is 7.65. The van der Waals surface area contributed by atoms with Crippen LogP contribution in [-0.2, 0) is 14.3 Å². The SMILES string of the molecule is Cc1c(C(C)NC(=O)C(=O)Nc2ccc(N3CCOCC3)c(F)c2)oc2ccc(F)cc12. The van der Waals surface area contributed by atoms with Crippen LogP contribution in [0.1, 0.15) is 24.3 Å². The summed E-state index contributed by atoms with van der Waals surface area (Å²) in [6, 6.07) is 7.80. The van der Waals surface area contributed by atoms with Crippen molar-refractivity contribution in [3.05, 3.63) is 59.4 Å². The molecule has 9 heteroatoms. The molecule has 2 amide bonds. The second-order valence-corrected chi connectivity index (χ2v) is 7.65. The Labute approximate surface area is 183 Å². The van der Waals surface area contributed by atoms with Gasteiger partial charge in [-0.15, -0.1) is 0 Å².